The molecule has 0 aliphatic heterocycles. The Balaban J connectivity index is 0.000000555. The minimum absolute atomic E-state index is 0.290. The summed E-state index contributed by atoms with van der Waals surface area (Å²) >= 11 is 1.97. The van der Waals surface area contributed by atoms with Gasteiger partial charge >= 0.3 is 9.39 Å². The van der Waals surface area contributed by atoms with Crippen LogP contribution in [0.3, 0.4) is 0 Å². The first-order valence-corrected chi connectivity index (χ1v) is 13.9. The maximum atomic E-state index is 4.99. The lowest BCUT2D eigenvalue weighted by molar-refractivity contribution is 0.600. The van der Waals surface area contributed by atoms with Gasteiger partial charge in [0.2, 0.25) is 0 Å². The summed E-state index contributed by atoms with van der Waals surface area (Å²) in [6.07, 6.45) is 0. The van der Waals surface area contributed by atoms with Gasteiger partial charge < -0.3 is 40.2 Å². The third-order valence-corrected chi connectivity index (χ3v) is 4.43. The fourth-order valence-corrected chi connectivity index (χ4v) is 2.88. The molecule has 0 spiro atoms. The quantitative estimate of drug-likeness (QED) is 0.425. The Morgan fingerprint density at radius 1 is 0.895 bits per heavy atom. The Hall–Kier alpha value is 1.39. The third-order valence-electron chi connectivity index (χ3n) is 2.34. The SMILES string of the molecule is Cc1cc(C(C)(C)C)sc1C(C)(C)C.[Cl][Al-]([Cl])([Cl])[Cl]. The molecule has 112 valence electrons. The first-order chi connectivity index (χ1) is 8.12. The van der Waals surface area contributed by atoms with Gasteiger partial charge in [0.05, 0.1) is 0 Å². The van der Waals surface area contributed by atoms with Crippen LogP contribution in [-0.4, -0.2) is 9.39 Å². The van der Waals surface area contributed by atoms with E-state index in [9.17, 15) is 0 Å². The normalized spacial score (nSPS) is 13.0. The van der Waals surface area contributed by atoms with Crippen molar-refractivity contribution in [1.29, 1.82) is 0 Å². The van der Waals surface area contributed by atoms with Crippen LogP contribution in [-0.2, 0) is 10.8 Å². The molecule has 1 rings (SSSR count). The van der Waals surface area contributed by atoms with Crippen molar-refractivity contribution >= 4 is 60.9 Å². The molecule has 1 aromatic heterocycles. The van der Waals surface area contributed by atoms with Crippen LogP contribution in [0.25, 0.3) is 0 Å². The zero-order valence-corrected chi connectivity index (χ0v) is 17.6. The molecule has 0 radical (unpaired) electrons. The largest absolute Gasteiger partial charge is 0.564 e. The molecule has 0 saturated carbocycles. The van der Waals surface area contributed by atoms with Crippen LogP contribution < -0.4 is 0 Å². The van der Waals surface area contributed by atoms with Gasteiger partial charge in [-0.2, -0.15) is 0 Å². The Kier molecular flexibility index (Phi) is 7.62. The molecule has 0 aromatic carbocycles. The van der Waals surface area contributed by atoms with Crippen LogP contribution in [0.5, 0.6) is 0 Å². The van der Waals surface area contributed by atoms with Gasteiger partial charge in [-0.15, -0.1) is 11.3 Å². The maximum Gasteiger partial charge on any atom is 0.564 e. The monoisotopic (exact) mass is 377 g/mol. The van der Waals surface area contributed by atoms with Crippen LogP contribution in [0.15, 0.2) is 6.07 Å². The van der Waals surface area contributed by atoms with E-state index in [1.807, 2.05) is 11.3 Å². The summed E-state index contributed by atoms with van der Waals surface area (Å²) in [5.41, 5.74) is 2.03. The second-order valence-corrected chi connectivity index (χ2v) is 20.5. The van der Waals surface area contributed by atoms with Gasteiger partial charge in [-0.1, -0.05) is 41.5 Å². The highest BCUT2D eigenvalue weighted by atomic mass is 35.9. The van der Waals surface area contributed by atoms with Gasteiger partial charge in [0.25, 0.3) is 0 Å². The Morgan fingerprint density at radius 2 is 1.26 bits per heavy atom. The molecule has 0 bridgehead atoms. The van der Waals surface area contributed by atoms with Gasteiger partial charge in [0, 0.05) is 9.75 Å². The lowest BCUT2D eigenvalue weighted by Crippen LogP contribution is -2.10. The van der Waals surface area contributed by atoms with Crippen molar-refractivity contribution in [3.8, 4) is 0 Å². The lowest BCUT2D eigenvalue weighted by Gasteiger charge is -2.19. The molecular weight excluding hydrogens is 357 g/mol. The van der Waals surface area contributed by atoms with Crippen molar-refractivity contribution in [2.45, 2.75) is 59.3 Å². The predicted octanol–water partition coefficient (Wildman–Crippen LogP) is 7.03. The van der Waals surface area contributed by atoms with E-state index >= 15 is 0 Å². The van der Waals surface area contributed by atoms with Crippen molar-refractivity contribution < 1.29 is 0 Å². The van der Waals surface area contributed by atoms with Crippen molar-refractivity contribution in [2.75, 3.05) is 0 Å². The summed E-state index contributed by atoms with van der Waals surface area (Å²) in [5, 5.41) is 0. The number of hydrogen-bond acceptors (Lipinski definition) is 1. The molecule has 0 amide bonds. The third kappa shape index (κ3) is 9.10. The molecule has 1 heterocycles. The first-order valence-electron chi connectivity index (χ1n) is 6.11. The molecule has 0 unspecified atom stereocenters. The van der Waals surface area contributed by atoms with E-state index in [-0.39, 0.29) is 5.41 Å². The Morgan fingerprint density at radius 3 is 1.42 bits per heavy atom. The van der Waals surface area contributed by atoms with Gasteiger partial charge in [-0.3, -0.25) is 0 Å². The van der Waals surface area contributed by atoms with E-state index in [0.29, 0.717) is 5.41 Å². The van der Waals surface area contributed by atoms with E-state index < -0.39 is 9.39 Å². The molecule has 0 aliphatic carbocycles. The zero-order chi connectivity index (χ0) is 15.6. The molecule has 0 atom stereocenters. The van der Waals surface area contributed by atoms with E-state index in [0.717, 1.165) is 0 Å². The highest BCUT2D eigenvalue weighted by Gasteiger charge is 2.23. The van der Waals surface area contributed by atoms with Gasteiger partial charge in [0.15, 0.2) is 0 Å². The number of rotatable bonds is 0. The van der Waals surface area contributed by atoms with Crippen molar-refractivity contribution in [2.24, 2.45) is 0 Å². The zero-order valence-electron chi connectivity index (χ0n) is 12.6. The van der Waals surface area contributed by atoms with Gasteiger partial charge in [-0.05, 0) is 29.4 Å². The molecule has 1 aromatic rings. The minimum Gasteiger partial charge on any atom is -0.391 e. The summed E-state index contributed by atoms with van der Waals surface area (Å²) in [6, 6.07) is 2.35. The van der Waals surface area contributed by atoms with Gasteiger partial charge in [0.1, 0.15) is 0 Å². The Labute approximate surface area is 140 Å². The van der Waals surface area contributed by atoms with E-state index in [4.69, 9.17) is 40.2 Å². The average molecular weight is 379 g/mol. The number of aryl methyl sites for hydroxylation is 1. The van der Waals surface area contributed by atoms with Crippen LogP contribution in [0.2, 0.25) is 0 Å². The van der Waals surface area contributed by atoms with E-state index in [1.165, 1.54) is 15.3 Å². The summed E-state index contributed by atoms with van der Waals surface area (Å²) in [7, 11) is 17.0. The van der Waals surface area contributed by atoms with Crippen LogP contribution in [0.4, 0.5) is 0 Å². The molecule has 0 N–H and O–H groups in total. The fraction of sp³-hybridized carbons (Fsp3) is 0.692. The number of thiophene rings is 1. The highest BCUT2D eigenvalue weighted by molar-refractivity contribution is 7.81. The molecule has 19 heavy (non-hydrogen) atoms. The smallest absolute Gasteiger partial charge is 0.391 e. The molecule has 0 saturated heterocycles. The summed E-state index contributed by atoms with van der Waals surface area (Å²) in [5.74, 6) is 0. The van der Waals surface area contributed by atoms with Crippen LogP contribution in [0.1, 0.15) is 56.9 Å². The molecule has 0 fully saturated rings. The van der Waals surface area contributed by atoms with E-state index in [2.05, 4.69) is 54.5 Å². The average Bonchev–Trinajstić information content (AvgIpc) is 2.41. The number of hydrogen-bond donors (Lipinski definition) is 0. The molecule has 0 aliphatic rings. The Bertz CT molecular complexity index is 402. The molecular formula is C13H22AlCl4S-. The summed E-state index contributed by atoms with van der Waals surface area (Å²) in [6.45, 7) is 15.9. The maximum absolute atomic E-state index is 4.99. The second kappa shape index (κ2) is 7.10. The van der Waals surface area contributed by atoms with Crippen LogP contribution >= 0.6 is 51.5 Å². The van der Waals surface area contributed by atoms with Crippen LogP contribution in [0, 0.1) is 6.92 Å². The predicted molar refractivity (Wildman–Crippen MR) is 95.6 cm³/mol. The van der Waals surface area contributed by atoms with Crippen molar-refractivity contribution in [3.63, 3.8) is 0 Å². The summed E-state index contributed by atoms with van der Waals surface area (Å²) in [4.78, 5) is 3.03. The molecule has 0 nitrogen and oxygen atoms in total. The number of halogens is 4. The lowest BCUT2D eigenvalue weighted by atomic mass is 9.90. The standard InChI is InChI=1S/C13H22S.Al.4ClH/c1-9-8-10(12(2,3)4)14-11(9)13(5,6)7;;;;;/h8H,1-7H3;;4*1H/q;+3;;;;/p-4. The fourth-order valence-electron chi connectivity index (χ4n) is 1.60. The summed E-state index contributed by atoms with van der Waals surface area (Å²) < 4.78 is 0. The van der Waals surface area contributed by atoms with E-state index in [1.54, 1.807) is 0 Å². The topological polar surface area (TPSA) is 0 Å². The highest BCUT2D eigenvalue weighted by Crippen LogP contribution is 2.38. The van der Waals surface area contributed by atoms with Gasteiger partial charge in [-0.25, -0.2) is 0 Å². The minimum atomic E-state index is -2.94. The first kappa shape index (κ1) is 20.4. The second-order valence-electron chi connectivity index (χ2n) is 6.62. The van der Waals surface area contributed by atoms with Crippen molar-refractivity contribution in [1.82, 2.24) is 0 Å². The van der Waals surface area contributed by atoms with Crippen molar-refractivity contribution in [3.05, 3.63) is 21.4 Å². The molecule has 6 heteroatoms.